The van der Waals surface area contributed by atoms with E-state index in [2.05, 4.69) is 32.6 Å². The van der Waals surface area contributed by atoms with Crippen molar-refractivity contribution in [2.45, 2.75) is 18.8 Å². The molecule has 1 N–H and O–H groups in total. The van der Waals surface area contributed by atoms with Crippen molar-refractivity contribution < 1.29 is 0 Å². The second kappa shape index (κ2) is 4.04. The molecule has 1 fully saturated rings. The summed E-state index contributed by atoms with van der Waals surface area (Å²) >= 11 is 8.31. The minimum atomic E-state index is 0.707. The van der Waals surface area contributed by atoms with Crippen molar-refractivity contribution in [2.75, 3.05) is 0 Å². The van der Waals surface area contributed by atoms with Crippen LogP contribution in [0.4, 0.5) is 0 Å². The molecule has 0 radical (unpaired) electrons. The minimum Gasteiger partial charge on any atom is -0.342 e. The van der Waals surface area contributed by atoms with Gasteiger partial charge in [0.1, 0.15) is 5.82 Å². The summed E-state index contributed by atoms with van der Waals surface area (Å²) in [6.07, 6.45) is 4.52. The lowest BCUT2D eigenvalue weighted by Crippen LogP contribution is -1.86. The third kappa shape index (κ3) is 1.98. The lowest BCUT2D eigenvalue weighted by molar-refractivity contribution is 1.05. The molecule has 1 heterocycles. The van der Waals surface area contributed by atoms with Gasteiger partial charge < -0.3 is 4.98 Å². The van der Waals surface area contributed by atoms with Gasteiger partial charge in [0.15, 0.2) is 0 Å². The average molecular weight is 345 g/mol. The quantitative estimate of drug-likeness (QED) is 0.812. The fourth-order valence-electron chi connectivity index (χ4n) is 1.75. The third-order valence-corrected chi connectivity index (χ3v) is 3.97. The molecule has 0 bridgehead atoms. The number of rotatable bonds is 2. The summed E-state index contributed by atoms with van der Waals surface area (Å²) in [4.78, 5) is 7.82. The summed E-state index contributed by atoms with van der Waals surface area (Å²) < 4.78 is 1.17. The molecular weight excluding hydrogens is 335 g/mol. The SMILES string of the molecule is Clc1ccc(I)c(-c2ncc(C3CC3)[nH]2)c1. The zero-order chi connectivity index (χ0) is 11.1. The van der Waals surface area contributed by atoms with E-state index in [9.17, 15) is 0 Å². The molecule has 16 heavy (non-hydrogen) atoms. The van der Waals surface area contributed by atoms with Gasteiger partial charge in [-0.25, -0.2) is 4.98 Å². The summed E-state index contributed by atoms with van der Waals surface area (Å²) in [5, 5.41) is 0.750. The van der Waals surface area contributed by atoms with Crippen molar-refractivity contribution >= 4 is 34.2 Å². The van der Waals surface area contributed by atoms with E-state index >= 15 is 0 Å². The van der Waals surface area contributed by atoms with E-state index in [1.807, 2.05) is 24.4 Å². The van der Waals surface area contributed by atoms with Crippen molar-refractivity contribution in [1.29, 1.82) is 0 Å². The molecule has 3 rings (SSSR count). The molecule has 1 aliphatic rings. The summed E-state index contributed by atoms with van der Waals surface area (Å²) in [6, 6.07) is 5.87. The van der Waals surface area contributed by atoms with Gasteiger partial charge in [0.2, 0.25) is 0 Å². The van der Waals surface area contributed by atoms with Crippen LogP contribution in [0.2, 0.25) is 5.02 Å². The fraction of sp³-hybridized carbons (Fsp3) is 0.250. The first-order valence-electron chi connectivity index (χ1n) is 5.24. The van der Waals surface area contributed by atoms with Crippen LogP contribution >= 0.6 is 34.2 Å². The van der Waals surface area contributed by atoms with Gasteiger partial charge in [-0.2, -0.15) is 0 Å². The third-order valence-electron chi connectivity index (χ3n) is 2.80. The van der Waals surface area contributed by atoms with Crippen molar-refractivity contribution in [3.8, 4) is 11.4 Å². The Hall–Kier alpha value is -0.550. The van der Waals surface area contributed by atoms with Gasteiger partial charge in [-0.15, -0.1) is 0 Å². The van der Waals surface area contributed by atoms with Crippen molar-refractivity contribution in [3.05, 3.63) is 38.7 Å². The van der Waals surface area contributed by atoms with E-state index < -0.39 is 0 Å². The Labute approximate surface area is 113 Å². The minimum absolute atomic E-state index is 0.707. The highest BCUT2D eigenvalue weighted by Crippen LogP contribution is 2.39. The monoisotopic (exact) mass is 344 g/mol. The molecule has 1 saturated carbocycles. The molecule has 1 aromatic carbocycles. The normalized spacial score (nSPS) is 15.4. The van der Waals surface area contributed by atoms with Crippen LogP contribution < -0.4 is 0 Å². The molecule has 0 spiro atoms. The molecule has 82 valence electrons. The number of hydrogen-bond acceptors (Lipinski definition) is 1. The van der Waals surface area contributed by atoms with Crippen molar-refractivity contribution in [2.24, 2.45) is 0 Å². The smallest absolute Gasteiger partial charge is 0.138 e. The average Bonchev–Trinajstić information content (AvgIpc) is 3.01. The van der Waals surface area contributed by atoms with E-state index in [0.29, 0.717) is 5.92 Å². The number of halogens is 2. The highest BCUT2D eigenvalue weighted by Gasteiger charge is 2.25. The first-order chi connectivity index (χ1) is 7.74. The maximum absolute atomic E-state index is 6.00. The predicted octanol–water partition coefficient (Wildman–Crippen LogP) is 4.21. The standard InChI is InChI=1S/C12H10ClIN2/c13-8-3-4-10(14)9(5-8)12-15-6-11(16-12)7-1-2-7/h3-7H,1-2H2,(H,15,16). The lowest BCUT2D eigenvalue weighted by Gasteiger charge is -2.01. The largest absolute Gasteiger partial charge is 0.342 e. The van der Waals surface area contributed by atoms with Crippen LogP contribution in [0, 0.1) is 3.57 Å². The van der Waals surface area contributed by atoms with Gasteiger partial charge in [-0.1, -0.05) is 11.6 Å². The van der Waals surface area contributed by atoms with E-state index in [1.165, 1.54) is 22.1 Å². The zero-order valence-corrected chi connectivity index (χ0v) is 11.4. The first-order valence-corrected chi connectivity index (χ1v) is 6.70. The van der Waals surface area contributed by atoms with E-state index in [4.69, 9.17) is 11.6 Å². The van der Waals surface area contributed by atoms with E-state index in [0.717, 1.165) is 16.4 Å². The van der Waals surface area contributed by atoms with E-state index in [1.54, 1.807) is 0 Å². The highest BCUT2D eigenvalue weighted by molar-refractivity contribution is 14.1. The van der Waals surface area contributed by atoms with Gasteiger partial charge in [0, 0.05) is 32.0 Å². The number of hydrogen-bond donors (Lipinski definition) is 1. The molecule has 2 aromatic rings. The summed E-state index contributed by atoms with van der Waals surface area (Å²) in [6.45, 7) is 0. The molecular formula is C12H10ClIN2. The molecule has 4 heteroatoms. The number of nitrogens with one attached hydrogen (secondary N) is 1. The number of nitrogens with zero attached hydrogens (tertiary/aromatic N) is 1. The summed E-state index contributed by atoms with van der Waals surface area (Å²) in [5.74, 6) is 1.63. The predicted molar refractivity (Wildman–Crippen MR) is 73.7 cm³/mol. The van der Waals surface area contributed by atoms with Crippen LogP contribution in [0.5, 0.6) is 0 Å². The number of aromatic amines is 1. The Morgan fingerprint density at radius 3 is 2.94 bits per heavy atom. The van der Waals surface area contributed by atoms with Crippen molar-refractivity contribution in [3.63, 3.8) is 0 Å². The van der Waals surface area contributed by atoms with Gasteiger partial charge in [-0.05, 0) is 53.6 Å². The van der Waals surface area contributed by atoms with Gasteiger partial charge in [0.25, 0.3) is 0 Å². The summed E-state index contributed by atoms with van der Waals surface area (Å²) in [5.41, 5.74) is 2.34. The molecule has 2 nitrogen and oxygen atoms in total. The maximum Gasteiger partial charge on any atom is 0.138 e. The molecule has 1 aromatic heterocycles. The molecule has 1 aliphatic carbocycles. The topological polar surface area (TPSA) is 28.7 Å². The number of imidazole rings is 1. The first kappa shape index (κ1) is 10.6. The Morgan fingerprint density at radius 1 is 1.38 bits per heavy atom. The maximum atomic E-state index is 6.00. The Bertz CT molecular complexity index is 532. The second-order valence-corrected chi connectivity index (χ2v) is 5.68. The molecule has 0 aliphatic heterocycles. The number of benzene rings is 1. The van der Waals surface area contributed by atoms with Crippen LogP contribution in [0.3, 0.4) is 0 Å². The molecule has 0 amide bonds. The lowest BCUT2D eigenvalue weighted by atomic mass is 10.2. The van der Waals surface area contributed by atoms with Crippen LogP contribution in [-0.4, -0.2) is 9.97 Å². The number of H-pyrrole nitrogens is 1. The van der Waals surface area contributed by atoms with Crippen LogP contribution in [-0.2, 0) is 0 Å². The Morgan fingerprint density at radius 2 is 2.19 bits per heavy atom. The number of aromatic nitrogens is 2. The van der Waals surface area contributed by atoms with Gasteiger partial charge >= 0.3 is 0 Å². The highest BCUT2D eigenvalue weighted by atomic mass is 127. The van der Waals surface area contributed by atoms with Gasteiger partial charge in [-0.3, -0.25) is 0 Å². The molecule has 0 atom stereocenters. The zero-order valence-electron chi connectivity index (χ0n) is 8.50. The fourth-order valence-corrected chi connectivity index (χ4v) is 2.52. The van der Waals surface area contributed by atoms with Crippen LogP contribution in [0.25, 0.3) is 11.4 Å². The van der Waals surface area contributed by atoms with Crippen LogP contribution in [0.15, 0.2) is 24.4 Å². The second-order valence-electron chi connectivity index (χ2n) is 4.09. The summed E-state index contributed by atoms with van der Waals surface area (Å²) in [7, 11) is 0. The van der Waals surface area contributed by atoms with E-state index in [-0.39, 0.29) is 0 Å². The van der Waals surface area contributed by atoms with Crippen LogP contribution in [0.1, 0.15) is 24.5 Å². The molecule has 0 saturated heterocycles. The van der Waals surface area contributed by atoms with Crippen molar-refractivity contribution in [1.82, 2.24) is 9.97 Å². The Kier molecular flexibility index (Phi) is 2.67. The Balaban J connectivity index is 2.03. The molecule has 0 unspecified atom stereocenters. The van der Waals surface area contributed by atoms with Gasteiger partial charge in [0.05, 0.1) is 0 Å².